The Hall–Kier alpha value is -2.66. The van der Waals surface area contributed by atoms with Gasteiger partial charge in [0.15, 0.2) is 0 Å². The number of nitrogens with zero attached hydrogens (tertiary/aromatic N) is 4. The van der Waals surface area contributed by atoms with Crippen LogP contribution in [0.15, 0.2) is 54.9 Å². The molecule has 1 aliphatic carbocycles. The molecule has 1 aromatic carbocycles. The predicted octanol–water partition coefficient (Wildman–Crippen LogP) is 4.40. The highest BCUT2D eigenvalue weighted by Gasteiger charge is 2.26. The van der Waals surface area contributed by atoms with Crippen LogP contribution in [0.4, 0.5) is 0 Å². The quantitative estimate of drug-likeness (QED) is 0.633. The van der Waals surface area contributed by atoms with E-state index in [1.165, 1.54) is 31.2 Å². The predicted molar refractivity (Wildman–Crippen MR) is 124 cm³/mol. The van der Waals surface area contributed by atoms with Gasteiger partial charge in [-0.1, -0.05) is 30.3 Å². The average molecular weight is 417 g/mol. The molecule has 3 heterocycles. The Morgan fingerprint density at radius 1 is 0.968 bits per heavy atom. The number of hydrogen-bond donors (Lipinski definition) is 0. The van der Waals surface area contributed by atoms with E-state index in [1.54, 1.807) is 6.20 Å². The molecule has 0 unspecified atom stereocenters. The number of hydrogen-bond acceptors (Lipinski definition) is 3. The van der Waals surface area contributed by atoms with Crippen molar-refractivity contribution in [2.45, 2.75) is 38.1 Å². The Labute approximate surface area is 184 Å². The number of carbonyl (C=O) groups excluding carboxylic acids is 1. The van der Waals surface area contributed by atoms with Gasteiger partial charge < -0.3 is 14.4 Å². The molecule has 0 N–H and O–H groups in total. The molecule has 0 radical (unpaired) electrons. The Balaban J connectivity index is 1.31. The second-order valence-corrected chi connectivity index (χ2v) is 9.29. The number of aromatic nitrogens is 2. The summed E-state index contributed by atoms with van der Waals surface area (Å²) in [5, 5.41) is 0. The van der Waals surface area contributed by atoms with Crippen molar-refractivity contribution in [3.8, 4) is 0 Å². The van der Waals surface area contributed by atoms with Crippen molar-refractivity contribution in [1.82, 2.24) is 19.4 Å². The highest BCUT2D eigenvalue weighted by atomic mass is 16.2. The number of benzene rings is 1. The fourth-order valence-electron chi connectivity index (χ4n) is 5.29. The Morgan fingerprint density at radius 3 is 2.45 bits per heavy atom. The van der Waals surface area contributed by atoms with Gasteiger partial charge in [-0.15, -0.1) is 0 Å². The van der Waals surface area contributed by atoms with Crippen LogP contribution in [-0.2, 0) is 6.54 Å². The summed E-state index contributed by atoms with van der Waals surface area (Å²) in [5.74, 6) is 1.47. The standard InChI is InChI=1S/C26H32N4O/c1-28-14-16-29(17-15-28)26(31)23-19-30(24-8-5-13-27-25(23)24)18-20-9-11-22(12-10-20)21-6-3-2-4-7-21/h2-8,13,19-20,22H,9-12,14-18H2,1H3. The van der Waals surface area contributed by atoms with Crippen LogP contribution in [0.3, 0.4) is 0 Å². The SMILES string of the molecule is CN1CCN(C(=O)c2cn(CC3CCC(c4ccccc4)CC3)c3cccnc23)CC1. The van der Waals surface area contributed by atoms with Crippen molar-refractivity contribution in [1.29, 1.82) is 0 Å². The first-order valence-electron chi connectivity index (χ1n) is 11.7. The first kappa shape index (κ1) is 20.3. The summed E-state index contributed by atoms with van der Waals surface area (Å²) in [6.45, 7) is 4.42. The minimum Gasteiger partial charge on any atom is -0.345 e. The third kappa shape index (κ3) is 4.24. The van der Waals surface area contributed by atoms with E-state index < -0.39 is 0 Å². The van der Waals surface area contributed by atoms with Crippen LogP contribution in [-0.4, -0.2) is 58.5 Å². The molecule has 5 rings (SSSR count). The maximum Gasteiger partial charge on any atom is 0.257 e. The molecule has 2 aromatic heterocycles. The minimum atomic E-state index is 0.128. The number of pyridine rings is 1. The molecule has 2 aliphatic rings. The van der Waals surface area contributed by atoms with E-state index in [2.05, 4.69) is 64.1 Å². The maximum absolute atomic E-state index is 13.3. The van der Waals surface area contributed by atoms with Crippen molar-refractivity contribution in [2.24, 2.45) is 5.92 Å². The van der Waals surface area contributed by atoms with Crippen LogP contribution in [0.25, 0.3) is 11.0 Å². The number of likely N-dealkylation sites (N-methyl/N-ethyl adjacent to an activating group) is 1. The summed E-state index contributed by atoms with van der Waals surface area (Å²) < 4.78 is 2.29. The second kappa shape index (κ2) is 8.83. The number of piperazine rings is 1. The van der Waals surface area contributed by atoms with E-state index in [1.807, 2.05) is 11.0 Å². The summed E-state index contributed by atoms with van der Waals surface area (Å²) in [7, 11) is 2.11. The van der Waals surface area contributed by atoms with Crippen LogP contribution < -0.4 is 0 Å². The van der Waals surface area contributed by atoms with Gasteiger partial charge >= 0.3 is 0 Å². The van der Waals surface area contributed by atoms with E-state index in [-0.39, 0.29) is 5.91 Å². The van der Waals surface area contributed by atoms with Gasteiger partial charge in [0.05, 0.1) is 11.1 Å². The normalized spacial score (nSPS) is 22.7. The van der Waals surface area contributed by atoms with E-state index in [4.69, 9.17) is 0 Å². The molecule has 1 saturated heterocycles. The van der Waals surface area contributed by atoms with E-state index >= 15 is 0 Å². The second-order valence-electron chi connectivity index (χ2n) is 9.29. The zero-order valence-corrected chi connectivity index (χ0v) is 18.4. The van der Waals surface area contributed by atoms with Crippen molar-refractivity contribution in [3.05, 3.63) is 66.0 Å². The first-order valence-corrected chi connectivity index (χ1v) is 11.7. The molecule has 1 saturated carbocycles. The number of amides is 1. The van der Waals surface area contributed by atoms with Gasteiger partial charge in [0.2, 0.25) is 0 Å². The molecule has 0 atom stereocenters. The lowest BCUT2D eigenvalue weighted by atomic mass is 9.78. The van der Waals surface area contributed by atoms with Gasteiger partial charge in [-0.05, 0) is 62.3 Å². The molecule has 0 bridgehead atoms. The smallest absolute Gasteiger partial charge is 0.257 e. The average Bonchev–Trinajstić information content (AvgIpc) is 3.19. The highest BCUT2D eigenvalue weighted by Crippen LogP contribution is 2.37. The lowest BCUT2D eigenvalue weighted by Crippen LogP contribution is -2.47. The van der Waals surface area contributed by atoms with Gasteiger partial charge in [-0.25, -0.2) is 0 Å². The molecule has 5 heteroatoms. The summed E-state index contributed by atoms with van der Waals surface area (Å²) in [6.07, 6.45) is 8.85. The van der Waals surface area contributed by atoms with Gasteiger partial charge in [0.1, 0.15) is 5.52 Å². The summed E-state index contributed by atoms with van der Waals surface area (Å²) in [4.78, 5) is 22.1. The zero-order chi connectivity index (χ0) is 21.2. The Bertz CT molecular complexity index is 1030. The number of carbonyl (C=O) groups is 1. The molecular weight excluding hydrogens is 384 g/mol. The minimum absolute atomic E-state index is 0.128. The molecule has 5 nitrogen and oxygen atoms in total. The molecule has 1 aliphatic heterocycles. The van der Waals surface area contributed by atoms with E-state index in [0.29, 0.717) is 11.8 Å². The van der Waals surface area contributed by atoms with Gasteiger partial charge in [0.25, 0.3) is 5.91 Å². The molecule has 3 aromatic rings. The molecular formula is C26H32N4O. The van der Waals surface area contributed by atoms with Crippen molar-refractivity contribution >= 4 is 16.9 Å². The van der Waals surface area contributed by atoms with Crippen LogP contribution in [0, 0.1) is 5.92 Å². The van der Waals surface area contributed by atoms with Gasteiger partial charge in [0, 0.05) is 45.1 Å². The summed E-state index contributed by atoms with van der Waals surface area (Å²) in [6, 6.07) is 15.0. The van der Waals surface area contributed by atoms with Crippen molar-refractivity contribution in [2.75, 3.05) is 33.2 Å². The van der Waals surface area contributed by atoms with Crippen LogP contribution in [0.5, 0.6) is 0 Å². The molecule has 2 fully saturated rings. The number of rotatable bonds is 4. The van der Waals surface area contributed by atoms with E-state index in [0.717, 1.165) is 49.3 Å². The lowest BCUT2D eigenvalue weighted by molar-refractivity contribution is 0.0665. The van der Waals surface area contributed by atoms with Gasteiger partial charge in [-0.3, -0.25) is 9.78 Å². The third-order valence-electron chi connectivity index (χ3n) is 7.23. The third-order valence-corrected chi connectivity index (χ3v) is 7.23. The lowest BCUT2D eigenvalue weighted by Gasteiger charge is -2.32. The molecule has 1 amide bonds. The Morgan fingerprint density at radius 2 is 1.71 bits per heavy atom. The maximum atomic E-state index is 13.3. The van der Waals surface area contributed by atoms with Crippen molar-refractivity contribution < 1.29 is 4.79 Å². The van der Waals surface area contributed by atoms with Crippen LogP contribution in [0.1, 0.15) is 47.5 Å². The van der Waals surface area contributed by atoms with Gasteiger partial charge in [-0.2, -0.15) is 0 Å². The topological polar surface area (TPSA) is 41.4 Å². The highest BCUT2D eigenvalue weighted by molar-refractivity contribution is 6.05. The fourth-order valence-corrected chi connectivity index (χ4v) is 5.29. The van der Waals surface area contributed by atoms with E-state index in [9.17, 15) is 4.79 Å². The summed E-state index contributed by atoms with van der Waals surface area (Å²) >= 11 is 0. The van der Waals surface area contributed by atoms with Crippen LogP contribution in [0.2, 0.25) is 0 Å². The molecule has 31 heavy (non-hydrogen) atoms. The molecule has 0 spiro atoms. The monoisotopic (exact) mass is 416 g/mol. The van der Waals surface area contributed by atoms with Crippen molar-refractivity contribution in [3.63, 3.8) is 0 Å². The largest absolute Gasteiger partial charge is 0.345 e. The molecule has 162 valence electrons. The zero-order valence-electron chi connectivity index (χ0n) is 18.4. The summed E-state index contributed by atoms with van der Waals surface area (Å²) in [5.41, 5.74) is 4.18. The van der Waals surface area contributed by atoms with Crippen LogP contribution >= 0.6 is 0 Å². The number of fused-ring (bicyclic) bond motifs is 1. The fraction of sp³-hybridized carbons (Fsp3) is 0.462. The Kier molecular flexibility index (Phi) is 5.77. The first-order chi connectivity index (χ1) is 15.2.